The van der Waals surface area contributed by atoms with E-state index in [2.05, 4.69) is 20.5 Å². The van der Waals surface area contributed by atoms with Gasteiger partial charge in [-0.2, -0.15) is 13.2 Å². The molecule has 3 N–H and O–H groups in total. The largest absolute Gasteiger partial charge is 0.476 e. The molecule has 0 saturated carbocycles. The molecule has 2 fully saturated rings. The molecule has 2 aliphatic heterocycles. The first kappa shape index (κ1) is 29.4. The van der Waals surface area contributed by atoms with Crippen LogP contribution in [-0.2, 0) is 4.79 Å². The van der Waals surface area contributed by atoms with Crippen LogP contribution in [0.4, 0.5) is 29.5 Å². The smallest absolute Gasteiger partial charge is 0.405 e. The highest BCUT2D eigenvalue weighted by molar-refractivity contribution is 6.35. The molecule has 4 rings (SSSR count). The Bertz CT molecular complexity index is 1230. The second-order valence-corrected chi connectivity index (χ2v) is 11.3. The van der Waals surface area contributed by atoms with Gasteiger partial charge in [0, 0.05) is 23.1 Å². The molecule has 3 heterocycles. The van der Waals surface area contributed by atoms with Crippen LogP contribution in [0.5, 0.6) is 5.75 Å². The van der Waals surface area contributed by atoms with Crippen LogP contribution in [0, 0.1) is 0 Å². The first-order chi connectivity index (χ1) is 18.2. The Balaban J connectivity index is 1.36. The maximum atomic E-state index is 13.1. The molecule has 1 aromatic carbocycles. The number of rotatable bonds is 7. The Morgan fingerprint density at radius 1 is 1.08 bits per heavy atom. The van der Waals surface area contributed by atoms with Gasteiger partial charge in [0.15, 0.2) is 5.60 Å². The molecular formula is C25H27Cl3F3N5O3. The number of carbonyl (C=O) groups is 2. The molecule has 2 atom stereocenters. The maximum absolute atomic E-state index is 13.1. The van der Waals surface area contributed by atoms with Gasteiger partial charge < -0.3 is 25.6 Å². The number of halogens is 6. The lowest BCUT2D eigenvalue weighted by Gasteiger charge is -2.41. The number of aromatic nitrogens is 1. The lowest BCUT2D eigenvalue weighted by atomic mass is 9.96. The standard InChI is InChI=1S/C25H27Cl3F3N5O3/c1-24(2,39-20-6-3-13(26)7-18(20)27)22(37)34-14-8-16-4-5-17(9-14)36(16)21-19(28)10-15(11-32-21)35-23(38)33-12-25(29,30)31/h3,6-7,10-11,14,16-17H,4-5,8-9,12H2,1-2H3,(H,34,37)(H2,33,35,38). The van der Waals surface area contributed by atoms with Gasteiger partial charge in [0.1, 0.15) is 18.1 Å². The highest BCUT2D eigenvalue weighted by atomic mass is 35.5. The van der Waals surface area contributed by atoms with Gasteiger partial charge in [0.2, 0.25) is 0 Å². The molecule has 212 valence electrons. The molecule has 0 radical (unpaired) electrons. The number of benzene rings is 1. The summed E-state index contributed by atoms with van der Waals surface area (Å²) in [5.74, 6) is 0.602. The summed E-state index contributed by atoms with van der Waals surface area (Å²) in [6.45, 7) is 1.88. The molecule has 1 aromatic heterocycles. The number of urea groups is 1. The zero-order chi connectivity index (χ0) is 28.5. The van der Waals surface area contributed by atoms with Gasteiger partial charge in [-0.15, -0.1) is 0 Å². The second kappa shape index (κ2) is 11.5. The zero-order valence-electron chi connectivity index (χ0n) is 21.0. The molecule has 39 heavy (non-hydrogen) atoms. The number of pyridine rings is 1. The lowest BCUT2D eigenvalue weighted by Crippen LogP contribution is -2.55. The van der Waals surface area contributed by atoms with E-state index in [1.54, 1.807) is 37.4 Å². The predicted molar refractivity (Wildman–Crippen MR) is 144 cm³/mol. The van der Waals surface area contributed by atoms with E-state index in [1.807, 2.05) is 0 Å². The summed E-state index contributed by atoms with van der Waals surface area (Å²) in [5, 5.41) is 8.16. The van der Waals surface area contributed by atoms with Crippen molar-refractivity contribution in [3.8, 4) is 5.75 Å². The Morgan fingerprint density at radius 3 is 2.33 bits per heavy atom. The summed E-state index contributed by atoms with van der Waals surface area (Å²) in [6.07, 6.45) is -0.0707. The van der Waals surface area contributed by atoms with Crippen molar-refractivity contribution >= 4 is 58.2 Å². The third kappa shape index (κ3) is 7.32. The average molecular weight is 609 g/mol. The summed E-state index contributed by atoms with van der Waals surface area (Å²) < 4.78 is 42.8. The van der Waals surface area contributed by atoms with E-state index in [0.717, 1.165) is 12.8 Å². The van der Waals surface area contributed by atoms with Crippen LogP contribution < -0.4 is 25.6 Å². The van der Waals surface area contributed by atoms with Gasteiger partial charge >= 0.3 is 12.2 Å². The van der Waals surface area contributed by atoms with Crippen molar-refractivity contribution in [2.75, 3.05) is 16.8 Å². The number of carbonyl (C=O) groups excluding carboxylic acids is 2. The number of piperidine rings is 1. The number of alkyl halides is 3. The fourth-order valence-electron chi connectivity index (χ4n) is 4.92. The van der Waals surface area contributed by atoms with Crippen molar-refractivity contribution in [2.24, 2.45) is 0 Å². The Hall–Kier alpha value is -2.63. The normalized spacial score (nSPS) is 20.9. The first-order valence-electron chi connectivity index (χ1n) is 12.2. The third-order valence-corrected chi connectivity index (χ3v) is 7.46. The van der Waals surface area contributed by atoms with E-state index in [9.17, 15) is 22.8 Å². The van der Waals surface area contributed by atoms with Crippen molar-refractivity contribution < 1.29 is 27.5 Å². The van der Waals surface area contributed by atoms with Gasteiger partial charge in [-0.1, -0.05) is 34.8 Å². The van der Waals surface area contributed by atoms with Crippen molar-refractivity contribution in [2.45, 2.75) is 69.4 Å². The Labute approximate surface area is 238 Å². The van der Waals surface area contributed by atoms with Gasteiger partial charge in [-0.05, 0) is 63.8 Å². The minimum atomic E-state index is -4.52. The first-order valence-corrected chi connectivity index (χ1v) is 13.4. The topological polar surface area (TPSA) is 95.6 Å². The van der Waals surface area contributed by atoms with Crippen molar-refractivity contribution in [3.05, 3.63) is 45.5 Å². The number of nitrogens with one attached hydrogen (secondary N) is 3. The Kier molecular flexibility index (Phi) is 8.63. The van der Waals surface area contributed by atoms with Gasteiger partial charge in [-0.3, -0.25) is 4.79 Å². The number of amides is 3. The molecule has 2 saturated heterocycles. The van der Waals surface area contributed by atoms with Crippen molar-refractivity contribution in [1.82, 2.24) is 15.6 Å². The summed E-state index contributed by atoms with van der Waals surface area (Å²) in [5.41, 5.74) is -1.02. The number of nitrogens with zero attached hydrogens (tertiary/aromatic N) is 2. The molecule has 2 unspecified atom stereocenters. The summed E-state index contributed by atoms with van der Waals surface area (Å²) in [6, 6.07) is 5.28. The molecule has 2 aliphatic rings. The van der Waals surface area contributed by atoms with Crippen LogP contribution >= 0.6 is 34.8 Å². The molecule has 8 nitrogen and oxygen atoms in total. The molecule has 0 spiro atoms. The van der Waals surface area contributed by atoms with E-state index >= 15 is 0 Å². The number of anilines is 2. The molecule has 0 aliphatic carbocycles. The zero-order valence-corrected chi connectivity index (χ0v) is 23.3. The van der Waals surface area contributed by atoms with Gasteiger partial charge in [-0.25, -0.2) is 9.78 Å². The monoisotopic (exact) mass is 607 g/mol. The van der Waals surface area contributed by atoms with E-state index in [1.165, 1.54) is 12.3 Å². The van der Waals surface area contributed by atoms with E-state index in [4.69, 9.17) is 39.5 Å². The summed E-state index contributed by atoms with van der Waals surface area (Å²) in [4.78, 5) is 31.4. The van der Waals surface area contributed by atoms with E-state index < -0.39 is 24.4 Å². The van der Waals surface area contributed by atoms with Crippen LogP contribution in [0.15, 0.2) is 30.5 Å². The van der Waals surface area contributed by atoms with Crippen molar-refractivity contribution in [3.63, 3.8) is 0 Å². The van der Waals surface area contributed by atoms with Crippen LogP contribution in [-0.4, -0.2) is 53.4 Å². The van der Waals surface area contributed by atoms with Crippen LogP contribution in [0.25, 0.3) is 0 Å². The Morgan fingerprint density at radius 2 is 1.74 bits per heavy atom. The van der Waals surface area contributed by atoms with E-state index in [-0.39, 0.29) is 34.7 Å². The highest BCUT2D eigenvalue weighted by Gasteiger charge is 2.44. The number of ether oxygens (including phenoxy) is 1. The van der Waals surface area contributed by atoms with Crippen LogP contribution in [0.3, 0.4) is 0 Å². The number of hydrogen-bond acceptors (Lipinski definition) is 5. The van der Waals surface area contributed by atoms with Crippen LogP contribution in [0.1, 0.15) is 39.5 Å². The second-order valence-electron chi connectivity index (χ2n) is 10.1. The molecule has 3 amide bonds. The minimum absolute atomic E-state index is 0.0719. The van der Waals surface area contributed by atoms with Gasteiger partial charge in [0.25, 0.3) is 5.91 Å². The fourth-order valence-corrected chi connectivity index (χ4v) is 5.63. The molecule has 2 aromatic rings. The lowest BCUT2D eigenvalue weighted by molar-refractivity contribution is -0.135. The quantitative estimate of drug-likeness (QED) is 0.348. The molecule has 2 bridgehead atoms. The summed E-state index contributed by atoms with van der Waals surface area (Å²) in [7, 11) is 0. The predicted octanol–water partition coefficient (Wildman–Crippen LogP) is 6.20. The third-order valence-electron chi connectivity index (χ3n) is 6.65. The molecular weight excluding hydrogens is 582 g/mol. The minimum Gasteiger partial charge on any atom is -0.476 e. The van der Waals surface area contributed by atoms with Crippen molar-refractivity contribution in [1.29, 1.82) is 0 Å². The fraction of sp³-hybridized carbons (Fsp3) is 0.480. The molecule has 14 heteroatoms. The summed E-state index contributed by atoms with van der Waals surface area (Å²) >= 11 is 18.6. The SMILES string of the molecule is CC(C)(Oc1ccc(Cl)cc1Cl)C(=O)NC1CC2CCC(C1)N2c1ncc(NC(=O)NCC(F)(F)F)cc1Cl. The highest BCUT2D eigenvalue weighted by Crippen LogP contribution is 2.41. The number of hydrogen-bond donors (Lipinski definition) is 3. The maximum Gasteiger partial charge on any atom is 0.405 e. The average Bonchev–Trinajstić information content (AvgIpc) is 3.08. The van der Waals surface area contributed by atoms with Gasteiger partial charge in [0.05, 0.1) is 21.9 Å². The van der Waals surface area contributed by atoms with E-state index in [0.29, 0.717) is 34.5 Å². The number of fused-ring (bicyclic) bond motifs is 2. The van der Waals surface area contributed by atoms with Crippen LogP contribution in [0.2, 0.25) is 15.1 Å².